The molecule has 0 aliphatic carbocycles. The van der Waals surface area contributed by atoms with Crippen LogP contribution in [-0.2, 0) is 12.6 Å². The smallest absolute Gasteiger partial charge is 0.396 e. The van der Waals surface area contributed by atoms with Crippen LogP contribution in [0, 0.1) is 0 Å². The summed E-state index contributed by atoms with van der Waals surface area (Å²) in [6.45, 7) is 3.33. The molecular weight excluding hydrogens is 297 g/mol. The van der Waals surface area contributed by atoms with Crippen LogP contribution in [-0.4, -0.2) is 29.8 Å². The molecule has 7 heteroatoms. The summed E-state index contributed by atoms with van der Waals surface area (Å²) in [7, 11) is 0. The third-order valence-electron chi connectivity index (χ3n) is 3.17. The summed E-state index contributed by atoms with van der Waals surface area (Å²) in [5.41, 5.74) is -0.538. The fourth-order valence-corrected chi connectivity index (χ4v) is 2.11. The first kappa shape index (κ1) is 18.3. The summed E-state index contributed by atoms with van der Waals surface area (Å²) in [6.07, 6.45) is -3.91. The molecule has 124 valence electrons. The SMILES string of the molecule is CC(Cc1ccccc1C(F)(F)F)NC(=O)N[C@H](C)CCO. The Morgan fingerprint density at radius 2 is 1.77 bits per heavy atom. The quantitative estimate of drug-likeness (QED) is 0.755. The highest BCUT2D eigenvalue weighted by Crippen LogP contribution is 2.32. The van der Waals surface area contributed by atoms with E-state index in [0.717, 1.165) is 6.07 Å². The van der Waals surface area contributed by atoms with E-state index < -0.39 is 23.8 Å². The van der Waals surface area contributed by atoms with Crippen LogP contribution in [0.4, 0.5) is 18.0 Å². The standard InChI is InChI=1S/C15H21F3N2O2/c1-10(7-8-21)19-14(22)20-11(2)9-12-5-3-4-6-13(12)15(16,17)18/h3-6,10-11,21H,7-9H2,1-2H3,(H2,19,20,22)/t10-,11?/m1/s1. The predicted molar refractivity (Wildman–Crippen MR) is 77.4 cm³/mol. The molecular formula is C15H21F3N2O2. The zero-order chi connectivity index (χ0) is 16.8. The van der Waals surface area contributed by atoms with Crippen molar-refractivity contribution in [3.8, 4) is 0 Å². The lowest BCUT2D eigenvalue weighted by atomic mass is 10.0. The number of nitrogens with one attached hydrogen (secondary N) is 2. The molecule has 3 N–H and O–H groups in total. The Hall–Kier alpha value is -1.76. The number of alkyl halides is 3. The summed E-state index contributed by atoms with van der Waals surface area (Å²) in [4.78, 5) is 11.7. The van der Waals surface area contributed by atoms with Gasteiger partial charge in [0.1, 0.15) is 0 Å². The first-order valence-corrected chi connectivity index (χ1v) is 7.07. The van der Waals surface area contributed by atoms with Gasteiger partial charge in [-0.05, 0) is 38.3 Å². The molecule has 0 fully saturated rings. The molecule has 0 spiro atoms. The lowest BCUT2D eigenvalue weighted by Crippen LogP contribution is -2.45. The number of benzene rings is 1. The van der Waals surface area contributed by atoms with Crippen LogP contribution >= 0.6 is 0 Å². The van der Waals surface area contributed by atoms with E-state index in [-0.39, 0.29) is 24.6 Å². The molecule has 0 aliphatic rings. The third-order valence-corrected chi connectivity index (χ3v) is 3.17. The van der Waals surface area contributed by atoms with Gasteiger partial charge in [0.2, 0.25) is 0 Å². The second kappa shape index (κ2) is 8.03. The molecule has 1 unspecified atom stereocenters. The van der Waals surface area contributed by atoms with Crippen LogP contribution in [0.1, 0.15) is 31.4 Å². The van der Waals surface area contributed by atoms with Crippen LogP contribution < -0.4 is 10.6 Å². The molecule has 1 aromatic carbocycles. The van der Waals surface area contributed by atoms with E-state index in [4.69, 9.17) is 5.11 Å². The van der Waals surface area contributed by atoms with Crippen molar-refractivity contribution in [3.05, 3.63) is 35.4 Å². The second-order valence-corrected chi connectivity index (χ2v) is 5.29. The van der Waals surface area contributed by atoms with Gasteiger partial charge in [-0.15, -0.1) is 0 Å². The van der Waals surface area contributed by atoms with Crippen molar-refractivity contribution in [1.82, 2.24) is 10.6 Å². The number of aliphatic hydroxyl groups is 1. The maximum atomic E-state index is 12.9. The zero-order valence-electron chi connectivity index (χ0n) is 12.6. The van der Waals surface area contributed by atoms with Crippen molar-refractivity contribution in [3.63, 3.8) is 0 Å². The van der Waals surface area contributed by atoms with E-state index in [1.54, 1.807) is 19.9 Å². The third kappa shape index (κ3) is 5.93. The van der Waals surface area contributed by atoms with Gasteiger partial charge in [-0.25, -0.2) is 4.79 Å². The summed E-state index contributed by atoms with van der Waals surface area (Å²) >= 11 is 0. The second-order valence-electron chi connectivity index (χ2n) is 5.29. The largest absolute Gasteiger partial charge is 0.416 e. The minimum absolute atomic E-state index is 0.0457. The molecule has 2 amide bonds. The van der Waals surface area contributed by atoms with Gasteiger partial charge in [0.25, 0.3) is 0 Å². The monoisotopic (exact) mass is 318 g/mol. The molecule has 0 saturated carbocycles. The van der Waals surface area contributed by atoms with E-state index in [1.807, 2.05) is 0 Å². The lowest BCUT2D eigenvalue weighted by Gasteiger charge is -2.19. The highest BCUT2D eigenvalue weighted by atomic mass is 19.4. The van der Waals surface area contributed by atoms with Crippen molar-refractivity contribution in [2.75, 3.05) is 6.61 Å². The van der Waals surface area contributed by atoms with Crippen LogP contribution in [0.5, 0.6) is 0 Å². The number of carbonyl (C=O) groups excluding carboxylic acids is 1. The van der Waals surface area contributed by atoms with Gasteiger partial charge in [0.05, 0.1) is 5.56 Å². The normalized spacial score (nSPS) is 14.3. The predicted octanol–water partition coefficient (Wildman–Crippen LogP) is 2.71. The molecule has 4 nitrogen and oxygen atoms in total. The van der Waals surface area contributed by atoms with Gasteiger partial charge < -0.3 is 15.7 Å². The Labute approximate surface area is 127 Å². The molecule has 1 rings (SSSR count). The van der Waals surface area contributed by atoms with Crippen LogP contribution in [0.2, 0.25) is 0 Å². The van der Waals surface area contributed by atoms with Gasteiger partial charge in [-0.1, -0.05) is 18.2 Å². The summed E-state index contributed by atoms with van der Waals surface area (Å²) < 4.78 is 38.7. The van der Waals surface area contributed by atoms with E-state index in [1.165, 1.54) is 12.1 Å². The summed E-state index contributed by atoms with van der Waals surface area (Å²) in [5, 5.41) is 14.0. The molecule has 0 aromatic heterocycles. The Morgan fingerprint density at radius 1 is 1.18 bits per heavy atom. The lowest BCUT2D eigenvalue weighted by molar-refractivity contribution is -0.138. The number of carbonyl (C=O) groups is 1. The molecule has 1 aromatic rings. The fraction of sp³-hybridized carbons (Fsp3) is 0.533. The fourth-order valence-electron chi connectivity index (χ4n) is 2.11. The number of hydrogen-bond donors (Lipinski definition) is 3. The highest BCUT2D eigenvalue weighted by Gasteiger charge is 2.33. The molecule has 22 heavy (non-hydrogen) atoms. The van der Waals surface area contributed by atoms with E-state index >= 15 is 0 Å². The average Bonchev–Trinajstić information content (AvgIpc) is 2.37. The first-order valence-electron chi connectivity index (χ1n) is 7.07. The van der Waals surface area contributed by atoms with Crippen molar-refractivity contribution in [2.45, 2.75) is 44.9 Å². The topological polar surface area (TPSA) is 61.4 Å². The van der Waals surface area contributed by atoms with Crippen molar-refractivity contribution in [2.24, 2.45) is 0 Å². The van der Waals surface area contributed by atoms with Gasteiger partial charge in [0, 0.05) is 18.7 Å². The zero-order valence-corrected chi connectivity index (χ0v) is 12.6. The Balaban J connectivity index is 2.62. The van der Waals surface area contributed by atoms with Crippen molar-refractivity contribution < 1.29 is 23.1 Å². The summed E-state index contributed by atoms with van der Waals surface area (Å²) in [5.74, 6) is 0. The van der Waals surface area contributed by atoms with Gasteiger partial charge in [-0.2, -0.15) is 13.2 Å². The Kier molecular flexibility index (Phi) is 6.67. The maximum Gasteiger partial charge on any atom is 0.416 e. The van der Waals surface area contributed by atoms with Crippen molar-refractivity contribution in [1.29, 1.82) is 0 Å². The van der Waals surface area contributed by atoms with E-state index in [2.05, 4.69) is 10.6 Å². The molecule has 0 aliphatic heterocycles. The number of amides is 2. The molecule has 0 radical (unpaired) electrons. The van der Waals surface area contributed by atoms with Gasteiger partial charge in [-0.3, -0.25) is 0 Å². The number of urea groups is 1. The van der Waals surface area contributed by atoms with E-state index in [0.29, 0.717) is 6.42 Å². The number of aliphatic hydroxyl groups excluding tert-OH is 1. The van der Waals surface area contributed by atoms with Gasteiger partial charge in [0.15, 0.2) is 0 Å². The van der Waals surface area contributed by atoms with Gasteiger partial charge >= 0.3 is 12.2 Å². The number of rotatable bonds is 6. The van der Waals surface area contributed by atoms with Crippen molar-refractivity contribution >= 4 is 6.03 Å². The first-order chi connectivity index (χ1) is 10.2. The van der Waals surface area contributed by atoms with Crippen LogP contribution in [0.15, 0.2) is 24.3 Å². The summed E-state index contributed by atoms with van der Waals surface area (Å²) in [6, 6.07) is 4.20. The Morgan fingerprint density at radius 3 is 2.36 bits per heavy atom. The minimum atomic E-state index is -4.41. The van der Waals surface area contributed by atoms with Crippen LogP contribution in [0.25, 0.3) is 0 Å². The molecule has 0 bridgehead atoms. The highest BCUT2D eigenvalue weighted by molar-refractivity contribution is 5.74. The molecule has 0 heterocycles. The molecule has 2 atom stereocenters. The molecule has 0 saturated heterocycles. The number of hydrogen-bond acceptors (Lipinski definition) is 2. The van der Waals surface area contributed by atoms with E-state index in [9.17, 15) is 18.0 Å². The van der Waals surface area contributed by atoms with Crippen LogP contribution in [0.3, 0.4) is 0 Å². The maximum absolute atomic E-state index is 12.9. The average molecular weight is 318 g/mol. The Bertz CT molecular complexity index is 492. The minimum Gasteiger partial charge on any atom is -0.396 e. The number of halogens is 3.